The molecular weight excluding hydrogens is 260 g/mol. The third-order valence-corrected chi connectivity index (χ3v) is 4.48. The van der Waals surface area contributed by atoms with Crippen LogP contribution < -0.4 is 16.0 Å². The predicted molar refractivity (Wildman–Crippen MR) is 85.3 cm³/mol. The van der Waals surface area contributed by atoms with E-state index in [1.807, 2.05) is 6.07 Å². The van der Waals surface area contributed by atoms with Gasteiger partial charge in [-0.2, -0.15) is 0 Å². The Bertz CT molecular complexity index is 639. The minimum atomic E-state index is 0.0727. The second-order valence-corrected chi connectivity index (χ2v) is 5.73. The summed E-state index contributed by atoms with van der Waals surface area (Å²) in [6, 6.07) is 15.0. The third-order valence-electron chi connectivity index (χ3n) is 4.48. The summed E-state index contributed by atoms with van der Waals surface area (Å²) in [5.74, 6) is 7.20. The molecule has 3 rings (SSSR count). The zero-order chi connectivity index (χ0) is 14.8. The molecule has 2 atom stereocenters. The summed E-state index contributed by atoms with van der Waals surface area (Å²) in [5.41, 5.74) is 8.23. The summed E-state index contributed by atoms with van der Waals surface area (Å²) >= 11 is 0. The minimum Gasteiger partial charge on any atom is -0.496 e. The van der Waals surface area contributed by atoms with Crippen LogP contribution in [0.1, 0.15) is 40.6 Å². The van der Waals surface area contributed by atoms with Gasteiger partial charge < -0.3 is 4.74 Å². The number of methoxy groups -OCH3 is 1. The predicted octanol–water partition coefficient (Wildman–Crippen LogP) is 3.24. The average molecular weight is 282 g/mol. The number of ether oxygens (including phenoxy) is 1. The quantitative estimate of drug-likeness (QED) is 0.668. The van der Waals surface area contributed by atoms with Gasteiger partial charge in [-0.1, -0.05) is 42.0 Å². The van der Waals surface area contributed by atoms with Crippen LogP contribution in [0.3, 0.4) is 0 Å². The van der Waals surface area contributed by atoms with Gasteiger partial charge in [0.15, 0.2) is 0 Å². The Kier molecular flexibility index (Phi) is 3.95. The maximum Gasteiger partial charge on any atom is 0.123 e. The highest BCUT2D eigenvalue weighted by Crippen LogP contribution is 2.43. The summed E-state index contributed by atoms with van der Waals surface area (Å²) < 4.78 is 5.54. The SMILES string of the molecule is COc1ccc(C)cc1C(NN)C1CCc2ccccc21. The van der Waals surface area contributed by atoms with Gasteiger partial charge in [-0.05, 0) is 37.0 Å². The zero-order valence-corrected chi connectivity index (χ0v) is 12.6. The fourth-order valence-electron chi connectivity index (χ4n) is 3.46. The number of hydrogen-bond acceptors (Lipinski definition) is 3. The van der Waals surface area contributed by atoms with Crippen LogP contribution in [-0.2, 0) is 6.42 Å². The molecule has 0 spiro atoms. The van der Waals surface area contributed by atoms with E-state index < -0.39 is 0 Å². The highest BCUT2D eigenvalue weighted by atomic mass is 16.5. The number of rotatable bonds is 4. The van der Waals surface area contributed by atoms with Crippen LogP contribution in [0.25, 0.3) is 0 Å². The second kappa shape index (κ2) is 5.88. The van der Waals surface area contributed by atoms with Gasteiger partial charge in [0.1, 0.15) is 5.75 Å². The van der Waals surface area contributed by atoms with E-state index in [4.69, 9.17) is 10.6 Å². The monoisotopic (exact) mass is 282 g/mol. The molecular formula is C18H22N2O. The summed E-state index contributed by atoms with van der Waals surface area (Å²) in [4.78, 5) is 0. The average Bonchev–Trinajstić information content (AvgIpc) is 2.93. The van der Waals surface area contributed by atoms with Crippen molar-refractivity contribution >= 4 is 0 Å². The van der Waals surface area contributed by atoms with Crippen molar-refractivity contribution in [3.05, 3.63) is 64.7 Å². The summed E-state index contributed by atoms with van der Waals surface area (Å²) in [6.45, 7) is 2.10. The van der Waals surface area contributed by atoms with Crippen molar-refractivity contribution < 1.29 is 4.74 Å². The van der Waals surface area contributed by atoms with E-state index in [1.165, 1.54) is 16.7 Å². The van der Waals surface area contributed by atoms with E-state index in [-0.39, 0.29) is 6.04 Å². The Morgan fingerprint density at radius 2 is 2.05 bits per heavy atom. The summed E-state index contributed by atoms with van der Waals surface area (Å²) in [6.07, 6.45) is 2.23. The molecule has 0 aromatic heterocycles. The molecule has 2 aromatic rings. The van der Waals surface area contributed by atoms with E-state index in [2.05, 4.69) is 48.7 Å². The Morgan fingerprint density at radius 1 is 1.24 bits per heavy atom. The van der Waals surface area contributed by atoms with Gasteiger partial charge in [0.2, 0.25) is 0 Å². The van der Waals surface area contributed by atoms with Gasteiger partial charge in [-0.25, -0.2) is 0 Å². The topological polar surface area (TPSA) is 47.3 Å². The first-order valence-electron chi connectivity index (χ1n) is 7.43. The molecule has 0 amide bonds. The van der Waals surface area contributed by atoms with Crippen molar-refractivity contribution in [1.29, 1.82) is 0 Å². The van der Waals surface area contributed by atoms with Gasteiger partial charge in [0.25, 0.3) is 0 Å². The van der Waals surface area contributed by atoms with Gasteiger partial charge in [-0.3, -0.25) is 11.3 Å². The Hall–Kier alpha value is -1.84. The van der Waals surface area contributed by atoms with E-state index in [1.54, 1.807) is 7.11 Å². The van der Waals surface area contributed by atoms with Crippen LogP contribution in [0.2, 0.25) is 0 Å². The van der Waals surface area contributed by atoms with Gasteiger partial charge >= 0.3 is 0 Å². The molecule has 0 heterocycles. The van der Waals surface area contributed by atoms with E-state index in [9.17, 15) is 0 Å². The molecule has 3 N–H and O–H groups in total. The van der Waals surface area contributed by atoms with E-state index in [0.29, 0.717) is 5.92 Å². The number of hydrogen-bond donors (Lipinski definition) is 2. The Balaban J connectivity index is 2.02. The smallest absolute Gasteiger partial charge is 0.123 e. The first-order chi connectivity index (χ1) is 10.2. The van der Waals surface area contributed by atoms with Crippen LogP contribution in [0.4, 0.5) is 0 Å². The molecule has 3 nitrogen and oxygen atoms in total. The maximum absolute atomic E-state index is 5.91. The molecule has 0 radical (unpaired) electrons. The van der Waals surface area contributed by atoms with Crippen LogP contribution in [0.5, 0.6) is 5.75 Å². The van der Waals surface area contributed by atoms with Crippen molar-refractivity contribution in [2.75, 3.05) is 7.11 Å². The lowest BCUT2D eigenvalue weighted by molar-refractivity contribution is 0.385. The van der Waals surface area contributed by atoms with Crippen molar-refractivity contribution in [3.63, 3.8) is 0 Å². The number of aryl methyl sites for hydroxylation is 2. The van der Waals surface area contributed by atoms with Gasteiger partial charge in [0, 0.05) is 11.5 Å². The Morgan fingerprint density at radius 3 is 2.81 bits per heavy atom. The van der Waals surface area contributed by atoms with Crippen LogP contribution in [-0.4, -0.2) is 7.11 Å². The first kappa shape index (κ1) is 14.1. The third kappa shape index (κ3) is 2.55. The summed E-state index contributed by atoms with van der Waals surface area (Å²) in [5, 5.41) is 0. The second-order valence-electron chi connectivity index (χ2n) is 5.73. The highest BCUT2D eigenvalue weighted by Gasteiger charge is 2.31. The number of nitrogens with one attached hydrogen (secondary N) is 1. The fraction of sp³-hybridized carbons (Fsp3) is 0.333. The zero-order valence-electron chi connectivity index (χ0n) is 12.6. The molecule has 3 heteroatoms. The lowest BCUT2D eigenvalue weighted by Crippen LogP contribution is -2.32. The number of nitrogens with two attached hydrogens (primary N) is 1. The first-order valence-corrected chi connectivity index (χ1v) is 7.43. The molecule has 2 aromatic carbocycles. The standard InChI is InChI=1S/C18H22N2O/c1-12-7-10-17(21-2)16(11-12)18(20-19)15-9-8-13-5-3-4-6-14(13)15/h3-7,10-11,15,18,20H,8-9,19H2,1-2H3. The number of hydrazine groups is 1. The van der Waals surface area contributed by atoms with Gasteiger partial charge in [0.05, 0.1) is 13.2 Å². The number of fused-ring (bicyclic) bond motifs is 1. The van der Waals surface area contributed by atoms with E-state index >= 15 is 0 Å². The normalized spacial score (nSPS) is 18.3. The molecule has 110 valence electrons. The molecule has 0 saturated carbocycles. The van der Waals surface area contributed by atoms with Gasteiger partial charge in [-0.15, -0.1) is 0 Å². The molecule has 0 aliphatic heterocycles. The van der Waals surface area contributed by atoms with Crippen molar-refractivity contribution in [3.8, 4) is 5.75 Å². The lowest BCUT2D eigenvalue weighted by atomic mass is 9.87. The highest BCUT2D eigenvalue weighted by molar-refractivity contribution is 5.44. The van der Waals surface area contributed by atoms with Crippen molar-refractivity contribution in [2.45, 2.75) is 31.7 Å². The molecule has 0 bridgehead atoms. The molecule has 0 fully saturated rings. The molecule has 2 unspecified atom stereocenters. The molecule has 0 saturated heterocycles. The van der Waals surface area contributed by atoms with Crippen LogP contribution >= 0.6 is 0 Å². The molecule has 1 aliphatic rings. The van der Waals surface area contributed by atoms with Crippen LogP contribution in [0.15, 0.2) is 42.5 Å². The largest absolute Gasteiger partial charge is 0.496 e. The Labute approximate surface area is 126 Å². The minimum absolute atomic E-state index is 0.0727. The van der Waals surface area contributed by atoms with Crippen molar-refractivity contribution in [1.82, 2.24) is 5.43 Å². The lowest BCUT2D eigenvalue weighted by Gasteiger charge is -2.26. The maximum atomic E-state index is 5.91. The fourth-order valence-corrected chi connectivity index (χ4v) is 3.46. The molecule has 1 aliphatic carbocycles. The summed E-state index contributed by atoms with van der Waals surface area (Å²) in [7, 11) is 1.71. The molecule has 21 heavy (non-hydrogen) atoms. The van der Waals surface area contributed by atoms with Crippen LogP contribution in [0, 0.1) is 6.92 Å². The van der Waals surface area contributed by atoms with Crippen molar-refractivity contribution in [2.24, 2.45) is 5.84 Å². The van der Waals surface area contributed by atoms with E-state index in [0.717, 1.165) is 24.2 Å². The number of benzene rings is 2.